The van der Waals surface area contributed by atoms with Crippen LogP contribution in [0.5, 0.6) is 0 Å². The Kier molecular flexibility index (Phi) is 13.1. The van der Waals surface area contributed by atoms with Crippen molar-refractivity contribution >= 4 is 0 Å². The van der Waals surface area contributed by atoms with E-state index in [1.54, 1.807) is 10.9 Å². The summed E-state index contributed by atoms with van der Waals surface area (Å²) in [5.41, 5.74) is 0. The molecule has 1 N–H and O–H groups in total. The normalized spacial score (nSPS) is 6.50. The van der Waals surface area contributed by atoms with Gasteiger partial charge in [-0.05, 0) is 6.07 Å². The molecule has 0 radical (unpaired) electrons. The molecule has 1 aromatic heterocycles. The average Bonchev–Trinajstić information content (AvgIpc) is 2.48. The minimum Gasteiger partial charge on any atom is -0.400 e. The molecule has 0 aromatic carbocycles. The van der Waals surface area contributed by atoms with E-state index in [2.05, 4.69) is 5.10 Å². The number of aryl methyl sites for hydroxylation is 1. The second-order valence-electron chi connectivity index (χ2n) is 1.18. The van der Waals surface area contributed by atoms with Crippen LogP contribution >= 0.6 is 0 Å². The van der Waals surface area contributed by atoms with Crippen LogP contribution in [0.4, 0.5) is 0 Å². The van der Waals surface area contributed by atoms with Gasteiger partial charge in [0.15, 0.2) is 0 Å². The number of nitrogens with zero attached hydrogens (tertiary/aromatic N) is 2. The Morgan fingerprint density at radius 3 is 1.90 bits per heavy atom. The van der Waals surface area contributed by atoms with Crippen molar-refractivity contribution < 1.29 is 5.11 Å². The van der Waals surface area contributed by atoms with Crippen LogP contribution in [-0.4, -0.2) is 22.0 Å². The summed E-state index contributed by atoms with van der Waals surface area (Å²) in [4.78, 5) is 0. The third kappa shape index (κ3) is 7.17. The van der Waals surface area contributed by atoms with Crippen molar-refractivity contribution in [1.82, 2.24) is 9.78 Å². The lowest BCUT2D eigenvalue weighted by atomic mass is 10.8. The van der Waals surface area contributed by atoms with Gasteiger partial charge in [0.05, 0.1) is 0 Å². The summed E-state index contributed by atoms with van der Waals surface area (Å²) >= 11 is 0. The third-order valence-corrected chi connectivity index (χ3v) is 0.637. The summed E-state index contributed by atoms with van der Waals surface area (Å²) in [6.45, 7) is 4.00. The second-order valence-corrected chi connectivity index (χ2v) is 1.18. The summed E-state index contributed by atoms with van der Waals surface area (Å²) in [5, 5.41) is 10.8. The van der Waals surface area contributed by atoms with E-state index in [0.29, 0.717) is 0 Å². The van der Waals surface area contributed by atoms with Crippen LogP contribution < -0.4 is 0 Å². The maximum atomic E-state index is 7.00. The molecule has 10 heavy (non-hydrogen) atoms. The lowest BCUT2D eigenvalue weighted by Gasteiger charge is -1.77. The summed E-state index contributed by atoms with van der Waals surface area (Å²) < 4.78 is 1.75. The van der Waals surface area contributed by atoms with Crippen LogP contribution in [0, 0.1) is 0 Å². The van der Waals surface area contributed by atoms with Gasteiger partial charge in [-0.1, -0.05) is 13.8 Å². The first kappa shape index (κ1) is 11.9. The standard InChI is InChI=1S/C4H6N2.C2H6.CH4O/c1-6-4-2-3-5-6;2*1-2/h2-4H,1H3;1-2H3;2H,1H3. The fraction of sp³-hybridized carbons (Fsp3) is 0.571. The van der Waals surface area contributed by atoms with Gasteiger partial charge in [0.1, 0.15) is 0 Å². The molecule has 0 atom stereocenters. The smallest absolute Gasteiger partial charge is 0.0489 e. The van der Waals surface area contributed by atoms with Gasteiger partial charge in [-0.25, -0.2) is 0 Å². The van der Waals surface area contributed by atoms with Crippen molar-refractivity contribution in [2.24, 2.45) is 7.05 Å². The zero-order chi connectivity index (χ0) is 8.41. The maximum Gasteiger partial charge on any atom is 0.0489 e. The van der Waals surface area contributed by atoms with Gasteiger partial charge < -0.3 is 5.11 Å². The molecule has 3 nitrogen and oxygen atoms in total. The van der Waals surface area contributed by atoms with Crippen molar-refractivity contribution in [1.29, 1.82) is 0 Å². The van der Waals surface area contributed by atoms with E-state index in [4.69, 9.17) is 5.11 Å². The highest BCUT2D eigenvalue weighted by Crippen LogP contribution is 1.73. The Balaban J connectivity index is 0. The SMILES string of the molecule is CC.CO.Cn1cccn1. The van der Waals surface area contributed by atoms with Crippen LogP contribution in [0.15, 0.2) is 18.5 Å². The first-order chi connectivity index (χ1) is 4.89. The number of hydrogen-bond donors (Lipinski definition) is 1. The lowest BCUT2D eigenvalue weighted by molar-refractivity contribution is 0.399. The summed E-state index contributed by atoms with van der Waals surface area (Å²) in [6, 6.07) is 1.89. The molecule has 0 bridgehead atoms. The fourth-order valence-corrected chi connectivity index (χ4v) is 0.345. The Labute approximate surface area is 62.3 Å². The van der Waals surface area contributed by atoms with E-state index in [9.17, 15) is 0 Å². The van der Waals surface area contributed by atoms with Gasteiger partial charge in [-0.3, -0.25) is 4.68 Å². The van der Waals surface area contributed by atoms with Crippen LogP contribution in [0.2, 0.25) is 0 Å². The molecule has 1 rings (SSSR count). The van der Waals surface area contributed by atoms with Crippen molar-refractivity contribution in [3.8, 4) is 0 Å². The molecule has 60 valence electrons. The monoisotopic (exact) mass is 144 g/mol. The van der Waals surface area contributed by atoms with E-state index in [1.165, 1.54) is 0 Å². The zero-order valence-electron chi connectivity index (χ0n) is 7.07. The van der Waals surface area contributed by atoms with Crippen LogP contribution in [0.3, 0.4) is 0 Å². The Morgan fingerprint density at radius 2 is 1.80 bits per heavy atom. The summed E-state index contributed by atoms with van der Waals surface area (Å²) in [6.07, 6.45) is 3.64. The average molecular weight is 144 g/mol. The summed E-state index contributed by atoms with van der Waals surface area (Å²) in [7, 11) is 2.89. The number of aromatic nitrogens is 2. The van der Waals surface area contributed by atoms with E-state index in [1.807, 2.05) is 33.2 Å². The Hall–Kier alpha value is -0.830. The maximum absolute atomic E-state index is 7.00. The molecular formula is C7H16N2O. The molecule has 0 aliphatic heterocycles. The van der Waals surface area contributed by atoms with Crippen molar-refractivity contribution in [3.05, 3.63) is 18.5 Å². The first-order valence-electron chi connectivity index (χ1n) is 3.28. The molecule has 1 heterocycles. The summed E-state index contributed by atoms with van der Waals surface area (Å²) in [5.74, 6) is 0. The van der Waals surface area contributed by atoms with Crippen molar-refractivity contribution in [2.45, 2.75) is 13.8 Å². The van der Waals surface area contributed by atoms with Crippen molar-refractivity contribution in [3.63, 3.8) is 0 Å². The molecule has 0 amide bonds. The number of rotatable bonds is 0. The van der Waals surface area contributed by atoms with Gasteiger partial charge in [0.25, 0.3) is 0 Å². The highest BCUT2D eigenvalue weighted by atomic mass is 16.2. The minimum atomic E-state index is 1.00. The topological polar surface area (TPSA) is 38.0 Å². The number of aliphatic hydroxyl groups is 1. The van der Waals surface area contributed by atoms with E-state index < -0.39 is 0 Å². The van der Waals surface area contributed by atoms with Gasteiger partial charge >= 0.3 is 0 Å². The highest BCUT2D eigenvalue weighted by molar-refractivity contribution is 4.75. The Bertz CT molecular complexity index is 115. The largest absolute Gasteiger partial charge is 0.400 e. The molecule has 0 unspecified atom stereocenters. The van der Waals surface area contributed by atoms with Gasteiger partial charge in [-0.2, -0.15) is 5.10 Å². The van der Waals surface area contributed by atoms with Gasteiger partial charge in [0, 0.05) is 26.6 Å². The van der Waals surface area contributed by atoms with E-state index >= 15 is 0 Å². The van der Waals surface area contributed by atoms with E-state index in [-0.39, 0.29) is 0 Å². The van der Waals surface area contributed by atoms with E-state index in [0.717, 1.165) is 7.11 Å². The quantitative estimate of drug-likeness (QED) is 0.591. The lowest BCUT2D eigenvalue weighted by Crippen LogP contribution is -1.83. The molecule has 3 heteroatoms. The number of aliphatic hydroxyl groups excluding tert-OH is 1. The Morgan fingerprint density at radius 1 is 1.30 bits per heavy atom. The van der Waals surface area contributed by atoms with Crippen LogP contribution in [0.25, 0.3) is 0 Å². The third-order valence-electron chi connectivity index (χ3n) is 0.637. The molecule has 0 aliphatic carbocycles. The van der Waals surface area contributed by atoms with Crippen molar-refractivity contribution in [2.75, 3.05) is 7.11 Å². The number of hydrogen-bond acceptors (Lipinski definition) is 2. The first-order valence-corrected chi connectivity index (χ1v) is 3.28. The second kappa shape index (κ2) is 11.0. The van der Waals surface area contributed by atoms with Gasteiger partial charge in [-0.15, -0.1) is 0 Å². The predicted molar refractivity (Wildman–Crippen MR) is 42.7 cm³/mol. The van der Waals surface area contributed by atoms with Gasteiger partial charge in [0.2, 0.25) is 0 Å². The molecule has 1 aromatic rings. The minimum absolute atomic E-state index is 1.00. The van der Waals surface area contributed by atoms with Crippen LogP contribution in [-0.2, 0) is 7.05 Å². The fourth-order valence-electron chi connectivity index (χ4n) is 0.345. The molecule has 0 saturated carbocycles. The molecule has 0 fully saturated rings. The van der Waals surface area contributed by atoms with Crippen LogP contribution in [0.1, 0.15) is 13.8 Å². The molecule has 0 aliphatic rings. The molecule has 0 saturated heterocycles. The molecule has 0 spiro atoms. The molecular weight excluding hydrogens is 128 g/mol. The zero-order valence-corrected chi connectivity index (χ0v) is 7.07. The highest BCUT2D eigenvalue weighted by Gasteiger charge is 1.69. The predicted octanol–water partition coefficient (Wildman–Crippen LogP) is 1.05.